The van der Waals surface area contributed by atoms with Gasteiger partial charge in [0, 0.05) is 22.8 Å². The van der Waals surface area contributed by atoms with E-state index in [1.54, 1.807) is 16.8 Å². The minimum Gasteiger partial charge on any atom is -0.305 e. The Balaban J connectivity index is 1.53. The molecule has 4 nitrogen and oxygen atoms in total. The summed E-state index contributed by atoms with van der Waals surface area (Å²) in [5.41, 5.74) is 1.58. The lowest BCUT2D eigenvalue weighted by atomic mass is 10.2. The number of nitrogens with zero attached hydrogens (tertiary/aromatic N) is 3. The van der Waals surface area contributed by atoms with E-state index in [4.69, 9.17) is 0 Å². The van der Waals surface area contributed by atoms with Crippen LogP contribution in [0.4, 0.5) is 0 Å². The third-order valence-corrected chi connectivity index (χ3v) is 4.75. The molecule has 0 fully saturated rings. The van der Waals surface area contributed by atoms with Crippen molar-refractivity contribution >= 4 is 11.3 Å². The summed E-state index contributed by atoms with van der Waals surface area (Å²) >= 11 is 1.97. The summed E-state index contributed by atoms with van der Waals surface area (Å²) < 4.78 is 1.99. The van der Waals surface area contributed by atoms with Crippen molar-refractivity contribution in [1.29, 1.82) is 0 Å². The van der Waals surface area contributed by atoms with Crippen LogP contribution in [-0.2, 0) is 32.5 Å². The molecule has 0 saturated heterocycles. The minimum atomic E-state index is 0.794. The zero-order valence-corrected chi connectivity index (χ0v) is 12.2. The zero-order chi connectivity index (χ0) is 13.1. The van der Waals surface area contributed by atoms with Gasteiger partial charge in [0.1, 0.15) is 12.2 Å². The number of aromatic nitrogens is 3. The van der Waals surface area contributed by atoms with Gasteiger partial charge in [-0.15, -0.1) is 11.3 Å². The van der Waals surface area contributed by atoms with Crippen molar-refractivity contribution in [1.82, 2.24) is 20.1 Å². The molecule has 1 aliphatic carbocycles. The summed E-state index contributed by atoms with van der Waals surface area (Å²) in [5, 5.41) is 7.72. The van der Waals surface area contributed by atoms with Crippen LogP contribution in [0.5, 0.6) is 0 Å². The Labute approximate surface area is 117 Å². The molecule has 0 bridgehead atoms. The molecular formula is C14H20N4S. The highest BCUT2D eigenvalue weighted by molar-refractivity contribution is 7.12. The maximum atomic E-state index is 4.31. The Morgan fingerprint density at radius 2 is 2.32 bits per heavy atom. The average Bonchev–Trinajstić information content (AvgIpc) is 3.06. The molecule has 2 aromatic rings. The molecule has 1 N–H and O–H groups in total. The fourth-order valence-corrected chi connectivity index (χ4v) is 3.83. The van der Waals surface area contributed by atoms with Gasteiger partial charge >= 0.3 is 0 Å². The van der Waals surface area contributed by atoms with Crippen LogP contribution >= 0.6 is 11.3 Å². The fraction of sp³-hybridized carbons (Fsp3) is 0.571. The van der Waals surface area contributed by atoms with Crippen LogP contribution in [0.15, 0.2) is 12.4 Å². The van der Waals surface area contributed by atoms with E-state index in [9.17, 15) is 0 Å². The van der Waals surface area contributed by atoms with Crippen LogP contribution < -0.4 is 5.32 Å². The topological polar surface area (TPSA) is 42.7 Å². The maximum Gasteiger partial charge on any atom is 0.140 e. The minimum absolute atomic E-state index is 0.794. The molecule has 0 radical (unpaired) electrons. The molecule has 5 heteroatoms. The molecule has 19 heavy (non-hydrogen) atoms. The Hall–Kier alpha value is -1.20. The molecular weight excluding hydrogens is 256 g/mol. The molecule has 3 rings (SSSR count). The van der Waals surface area contributed by atoms with Gasteiger partial charge in [0.2, 0.25) is 0 Å². The smallest absolute Gasteiger partial charge is 0.140 e. The van der Waals surface area contributed by atoms with Crippen LogP contribution in [-0.4, -0.2) is 14.8 Å². The second-order valence-corrected chi connectivity index (χ2v) is 6.24. The third kappa shape index (κ3) is 2.87. The van der Waals surface area contributed by atoms with Crippen molar-refractivity contribution < 1.29 is 0 Å². The van der Waals surface area contributed by atoms with Gasteiger partial charge in [-0.2, -0.15) is 5.10 Å². The molecule has 0 unspecified atom stereocenters. The lowest BCUT2D eigenvalue weighted by Gasteiger charge is -2.05. The highest BCUT2D eigenvalue weighted by atomic mass is 32.1. The van der Waals surface area contributed by atoms with Gasteiger partial charge in [0.25, 0.3) is 0 Å². The Kier molecular flexibility index (Phi) is 3.94. The predicted molar refractivity (Wildman–Crippen MR) is 77.2 cm³/mol. The van der Waals surface area contributed by atoms with E-state index >= 15 is 0 Å². The number of rotatable bonds is 6. The summed E-state index contributed by atoms with van der Waals surface area (Å²) in [5.74, 6) is 1.03. The van der Waals surface area contributed by atoms with Gasteiger partial charge in [-0.25, -0.2) is 9.67 Å². The van der Waals surface area contributed by atoms with Gasteiger partial charge < -0.3 is 5.32 Å². The van der Waals surface area contributed by atoms with Crippen molar-refractivity contribution in [3.8, 4) is 0 Å². The average molecular weight is 276 g/mol. The quantitative estimate of drug-likeness (QED) is 0.881. The van der Waals surface area contributed by atoms with E-state index in [1.807, 2.05) is 16.0 Å². The first-order valence-electron chi connectivity index (χ1n) is 7.04. The van der Waals surface area contributed by atoms with Crippen molar-refractivity contribution in [3.05, 3.63) is 33.5 Å². The molecule has 0 atom stereocenters. The highest BCUT2D eigenvalue weighted by Crippen LogP contribution is 2.30. The monoisotopic (exact) mass is 276 g/mol. The SMILES string of the molecule is CCCn1ncnc1CNCc1cc2c(s1)CCC2. The molecule has 0 aliphatic heterocycles. The summed E-state index contributed by atoms with van der Waals surface area (Å²) in [6.45, 7) is 4.84. The van der Waals surface area contributed by atoms with Crippen LogP contribution in [0.25, 0.3) is 0 Å². The fourth-order valence-electron chi connectivity index (χ4n) is 2.60. The standard InChI is InChI=1S/C14H20N4S/c1-2-6-18-14(16-10-17-18)9-15-8-12-7-11-4-3-5-13(11)19-12/h7,10,15H,2-6,8-9H2,1H3. The summed E-state index contributed by atoms with van der Waals surface area (Å²) in [6.07, 6.45) is 6.64. The molecule has 2 aromatic heterocycles. The van der Waals surface area contributed by atoms with Crippen LogP contribution in [0.1, 0.15) is 40.9 Å². The predicted octanol–water partition coefficient (Wildman–Crippen LogP) is 2.53. The highest BCUT2D eigenvalue weighted by Gasteiger charge is 2.14. The van der Waals surface area contributed by atoms with Crippen LogP contribution in [0.3, 0.4) is 0 Å². The normalized spacial score (nSPS) is 13.9. The van der Waals surface area contributed by atoms with E-state index in [2.05, 4.69) is 28.4 Å². The van der Waals surface area contributed by atoms with Crippen LogP contribution in [0.2, 0.25) is 0 Å². The summed E-state index contributed by atoms with van der Waals surface area (Å²) in [6, 6.07) is 2.37. The van der Waals surface area contributed by atoms with Crippen molar-refractivity contribution in [3.63, 3.8) is 0 Å². The van der Waals surface area contributed by atoms with Crippen molar-refractivity contribution in [2.75, 3.05) is 0 Å². The van der Waals surface area contributed by atoms with Gasteiger partial charge in [0.15, 0.2) is 0 Å². The van der Waals surface area contributed by atoms with E-state index in [0.717, 1.165) is 31.9 Å². The number of hydrogen-bond acceptors (Lipinski definition) is 4. The molecule has 0 saturated carbocycles. The van der Waals surface area contributed by atoms with Gasteiger partial charge in [0.05, 0.1) is 6.54 Å². The lowest BCUT2D eigenvalue weighted by Crippen LogP contribution is -2.16. The Bertz CT molecular complexity index is 522. The number of thiophene rings is 1. The van der Waals surface area contributed by atoms with Crippen molar-refractivity contribution in [2.45, 2.75) is 52.2 Å². The number of nitrogens with one attached hydrogen (secondary N) is 1. The second kappa shape index (κ2) is 5.84. The summed E-state index contributed by atoms with van der Waals surface area (Å²) in [7, 11) is 0. The Morgan fingerprint density at radius 3 is 3.16 bits per heavy atom. The first-order chi connectivity index (χ1) is 9.36. The van der Waals surface area contributed by atoms with E-state index < -0.39 is 0 Å². The Morgan fingerprint density at radius 1 is 1.37 bits per heavy atom. The van der Waals surface area contributed by atoms with Gasteiger partial charge in [-0.1, -0.05) is 6.92 Å². The van der Waals surface area contributed by atoms with Gasteiger partial charge in [-0.3, -0.25) is 0 Å². The largest absolute Gasteiger partial charge is 0.305 e. The van der Waals surface area contributed by atoms with Crippen molar-refractivity contribution in [2.24, 2.45) is 0 Å². The van der Waals surface area contributed by atoms with Gasteiger partial charge in [-0.05, 0) is 37.3 Å². The molecule has 0 amide bonds. The molecule has 2 heterocycles. The summed E-state index contributed by atoms with van der Waals surface area (Å²) in [4.78, 5) is 7.36. The molecule has 102 valence electrons. The van der Waals surface area contributed by atoms with E-state index in [0.29, 0.717) is 0 Å². The maximum absolute atomic E-state index is 4.31. The molecule has 0 spiro atoms. The lowest BCUT2D eigenvalue weighted by molar-refractivity contribution is 0.543. The number of hydrogen-bond donors (Lipinski definition) is 1. The van der Waals surface area contributed by atoms with E-state index in [1.165, 1.54) is 24.1 Å². The first kappa shape index (κ1) is 12.8. The second-order valence-electron chi connectivity index (χ2n) is 5.02. The van der Waals surface area contributed by atoms with Crippen LogP contribution in [0, 0.1) is 0 Å². The number of fused-ring (bicyclic) bond motifs is 1. The zero-order valence-electron chi connectivity index (χ0n) is 11.4. The third-order valence-electron chi connectivity index (χ3n) is 3.51. The molecule has 1 aliphatic rings. The first-order valence-corrected chi connectivity index (χ1v) is 7.86. The van der Waals surface area contributed by atoms with E-state index in [-0.39, 0.29) is 0 Å². The number of aryl methyl sites for hydroxylation is 3. The molecule has 0 aromatic carbocycles.